The Morgan fingerprint density at radius 2 is 2.14 bits per heavy atom. The van der Waals surface area contributed by atoms with E-state index < -0.39 is 36.0 Å². The molecule has 0 aromatic heterocycles. The third-order valence-electron chi connectivity index (χ3n) is 3.91. The minimum atomic E-state index is -1.10. The van der Waals surface area contributed by atoms with E-state index in [-0.39, 0.29) is 5.71 Å². The van der Waals surface area contributed by atoms with Crippen molar-refractivity contribution in [1.82, 2.24) is 0 Å². The Labute approximate surface area is 128 Å². The quantitative estimate of drug-likeness (QED) is 0.716. The number of ether oxygens (including phenoxy) is 5. The van der Waals surface area contributed by atoms with Gasteiger partial charge in [-0.1, -0.05) is 5.16 Å². The summed E-state index contributed by atoms with van der Waals surface area (Å²) < 4.78 is 27.8. The van der Waals surface area contributed by atoms with Crippen molar-refractivity contribution >= 4 is 11.7 Å². The van der Waals surface area contributed by atoms with Crippen molar-refractivity contribution in [2.45, 2.75) is 63.7 Å². The standard InChI is InChI=1S/C14H21NO7/c1-5-18-11(16)8-6-7-14(22-15-8)10-9(12(17-4)21-14)19-13(2,3)20-10/h9-10,12H,5-7H2,1-4H3/t9-,10+,12-,14-/m1/s1. The number of methoxy groups -OCH3 is 1. The Morgan fingerprint density at radius 1 is 1.36 bits per heavy atom. The van der Waals surface area contributed by atoms with E-state index in [1.807, 2.05) is 13.8 Å². The molecule has 1 spiro atoms. The number of hydrogen-bond acceptors (Lipinski definition) is 8. The monoisotopic (exact) mass is 315 g/mol. The van der Waals surface area contributed by atoms with E-state index in [4.69, 9.17) is 28.5 Å². The average Bonchev–Trinajstić information content (AvgIpc) is 2.93. The lowest BCUT2D eigenvalue weighted by Gasteiger charge is -2.34. The molecule has 0 unspecified atom stereocenters. The first-order valence-corrected chi connectivity index (χ1v) is 7.39. The molecule has 3 aliphatic heterocycles. The Morgan fingerprint density at radius 3 is 2.73 bits per heavy atom. The second-order valence-electron chi connectivity index (χ2n) is 5.90. The van der Waals surface area contributed by atoms with Crippen molar-refractivity contribution in [3.63, 3.8) is 0 Å². The van der Waals surface area contributed by atoms with Gasteiger partial charge >= 0.3 is 5.97 Å². The van der Waals surface area contributed by atoms with E-state index in [0.29, 0.717) is 19.4 Å². The fourth-order valence-electron chi connectivity index (χ4n) is 2.99. The molecule has 8 heteroatoms. The van der Waals surface area contributed by atoms with Crippen molar-refractivity contribution in [2.75, 3.05) is 13.7 Å². The first-order valence-electron chi connectivity index (χ1n) is 7.39. The van der Waals surface area contributed by atoms with Crippen molar-refractivity contribution in [3.8, 4) is 0 Å². The van der Waals surface area contributed by atoms with Gasteiger partial charge in [-0.05, 0) is 20.8 Å². The third kappa shape index (κ3) is 2.50. The van der Waals surface area contributed by atoms with Crippen molar-refractivity contribution in [3.05, 3.63) is 0 Å². The lowest BCUT2D eigenvalue weighted by atomic mass is 9.99. The van der Waals surface area contributed by atoms with E-state index in [9.17, 15) is 4.79 Å². The van der Waals surface area contributed by atoms with E-state index >= 15 is 0 Å². The number of esters is 1. The molecule has 4 atom stereocenters. The minimum absolute atomic E-state index is 0.242. The van der Waals surface area contributed by atoms with Crippen LogP contribution >= 0.6 is 0 Å². The number of carbonyl (C=O) groups excluding carboxylic acids is 1. The Balaban J connectivity index is 1.79. The zero-order valence-corrected chi connectivity index (χ0v) is 13.2. The van der Waals surface area contributed by atoms with Crippen LogP contribution in [-0.4, -0.2) is 55.5 Å². The van der Waals surface area contributed by atoms with Crippen molar-refractivity contribution < 1.29 is 33.3 Å². The maximum Gasteiger partial charge on any atom is 0.356 e. The molecule has 22 heavy (non-hydrogen) atoms. The Bertz CT molecular complexity index is 492. The number of rotatable bonds is 3. The molecule has 0 bridgehead atoms. The molecule has 2 fully saturated rings. The van der Waals surface area contributed by atoms with E-state index in [1.54, 1.807) is 6.92 Å². The fraction of sp³-hybridized carbons (Fsp3) is 0.857. The predicted molar refractivity (Wildman–Crippen MR) is 72.8 cm³/mol. The number of nitrogens with zero attached hydrogens (tertiary/aromatic N) is 1. The third-order valence-corrected chi connectivity index (χ3v) is 3.91. The number of hydrogen-bond donors (Lipinski definition) is 0. The van der Waals surface area contributed by atoms with Crippen LogP contribution < -0.4 is 0 Å². The smallest absolute Gasteiger partial charge is 0.356 e. The van der Waals surface area contributed by atoms with Gasteiger partial charge in [0.05, 0.1) is 6.61 Å². The zero-order chi connectivity index (χ0) is 16.0. The van der Waals surface area contributed by atoms with E-state index in [1.165, 1.54) is 7.11 Å². The van der Waals surface area contributed by atoms with Crippen LogP contribution in [-0.2, 0) is 33.3 Å². The minimum Gasteiger partial charge on any atom is -0.461 e. The molecule has 0 N–H and O–H groups in total. The highest BCUT2D eigenvalue weighted by molar-refractivity contribution is 6.36. The molecular formula is C14H21NO7. The van der Waals surface area contributed by atoms with Gasteiger partial charge in [0.1, 0.15) is 6.10 Å². The summed E-state index contributed by atoms with van der Waals surface area (Å²) in [5.41, 5.74) is 0.242. The molecule has 0 saturated carbocycles. The normalized spacial score (nSPS) is 39.3. The van der Waals surface area contributed by atoms with E-state index in [0.717, 1.165) is 0 Å². The highest BCUT2D eigenvalue weighted by Gasteiger charge is 2.66. The molecule has 0 aromatic carbocycles. The summed E-state index contributed by atoms with van der Waals surface area (Å²) in [4.78, 5) is 17.2. The van der Waals surface area contributed by atoms with Crippen LogP contribution in [0.3, 0.4) is 0 Å². The second kappa shape index (κ2) is 5.45. The summed E-state index contributed by atoms with van der Waals surface area (Å²) in [7, 11) is 1.53. The van der Waals surface area contributed by atoms with E-state index in [2.05, 4.69) is 5.16 Å². The van der Waals surface area contributed by atoms with Crippen LogP contribution in [0.1, 0.15) is 33.6 Å². The van der Waals surface area contributed by atoms with Crippen molar-refractivity contribution in [2.24, 2.45) is 5.16 Å². The average molecular weight is 315 g/mol. The fourth-order valence-corrected chi connectivity index (χ4v) is 2.99. The topological polar surface area (TPSA) is 84.8 Å². The van der Waals surface area contributed by atoms with Gasteiger partial charge in [-0.2, -0.15) is 0 Å². The van der Waals surface area contributed by atoms with Gasteiger partial charge < -0.3 is 28.5 Å². The molecule has 3 aliphatic rings. The van der Waals surface area contributed by atoms with Gasteiger partial charge in [-0.25, -0.2) is 4.79 Å². The lowest BCUT2D eigenvalue weighted by Crippen LogP contribution is -2.47. The molecule has 0 aliphatic carbocycles. The summed E-state index contributed by atoms with van der Waals surface area (Å²) >= 11 is 0. The molecule has 0 amide bonds. The summed E-state index contributed by atoms with van der Waals surface area (Å²) in [6.07, 6.45) is -0.696. The number of carbonyl (C=O) groups is 1. The van der Waals surface area contributed by atoms with Gasteiger partial charge in [0.15, 0.2) is 23.9 Å². The maximum atomic E-state index is 11.7. The van der Waals surface area contributed by atoms with Crippen LogP contribution in [0.5, 0.6) is 0 Å². The Hall–Kier alpha value is -1.22. The number of fused-ring (bicyclic) bond motifs is 2. The van der Waals surface area contributed by atoms with Gasteiger partial charge in [-0.3, -0.25) is 0 Å². The van der Waals surface area contributed by atoms with Crippen LogP contribution in [0, 0.1) is 0 Å². The first kappa shape index (κ1) is 15.7. The van der Waals surface area contributed by atoms with Crippen molar-refractivity contribution in [1.29, 1.82) is 0 Å². The summed E-state index contributed by atoms with van der Waals surface area (Å²) in [5.74, 6) is -2.33. The molecule has 124 valence electrons. The molecular weight excluding hydrogens is 294 g/mol. The van der Waals surface area contributed by atoms with Crippen LogP contribution in [0.2, 0.25) is 0 Å². The summed E-state index contributed by atoms with van der Waals surface area (Å²) in [6.45, 7) is 5.67. The lowest BCUT2D eigenvalue weighted by molar-refractivity contribution is -0.326. The van der Waals surface area contributed by atoms with Crippen LogP contribution in [0.15, 0.2) is 5.16 Å². The first-order chi connectivity index (χ1) is 10.4. The molecule has 0 aromatic rings. The summed E-state index contributed by atoms with van der Waals surface area (Å²) in [6, 6.07) is 0. The summed E-state index contributed by atoms with van der Waals surface area (Å²) in [5, 5.41) is 3.89. The predicted octanol–water partition coefficient (Wildman–Crippen LogP) is 0.935. The highest BCUT2D eigenvalue weighted by atomic mass is 16.9. The highest BCUT2D eigenvalue weighted by Crippen LogP contribution is 2.48. The SMILES string of the molecule is CCOC(=O)C1=NO[C@@]2(CC1)O[C@@H](OC)[C@@H]1OC(C)(C)O[C@@H]12. The largest absolute Gasteiger partial charge is 0.461 e. The molecule has 0 radical (unpaired) electrons. The number of oxime groups is 1. The van der Waals surface area contributed by atoms with Gasteiger partial charge in [0, 0.05) is 20.0 Å². The maximum absolute atomic E-state index is 11.7. The van der Waals surface area contributed by atoms with Crippen LogP contribution in [0.4, 0.5) is 0 Å². The van der Waals surface area contributed by atoms with Gasteiger partial charge in [-0.15, -0.1) is 0 Å². The van der Waals surface area contributed by atoms with Gasteiger partial charge in [0.25, 0.3) is 5.79 Å². The second-order valence-corrected chi connectivity index (χ2v) is 5.90. The molecule has 3 rings (SSSR count). The molecule has 2 saturated heterocycles. The molecule has 8 nitrogen and oxygen atoms in total. The molecule has 3 heterocycles. The van der Waals surface area contributed by atoms with Gasteiger partial charge in [0.2, 0.25) is 0 Å². The Kier molecular flexibility index (Phi) is 3.88. The van der Waals surface area contributed by atoms with Crippen LogP contribution in [0.25, 0.3) is 0 Å². The zero-order valence-electron chi connectivity index (χ0n) is 13.2.